The van der Waals surface area contributed by atoms with Gasteiger partial charge in [-0.15, -0.1) is 0 Å². The molecule has 20 aromatic rings. The van der Waals surface area contributed by atoms with Crippen LogP contribution in [0, 0.1) is 0 Å². The van der Waals surface area contributed by atoms with Crippen LogP contribution in [0.1, 0.15) is 0 Å². The second kappa shape index (κ2) is 23.2. The third kappa shape index (κ3) is 9.26. The minimum atomic E-state index is 0.626. The highest BCUT2D eigenvalue weighted by molar-refractivity contribution is 6.15. The lowest BCUT2D eigenvalue weighted by Crippen LogP contribution is -2.00. The van der Waals surface area contributed by atoms with Crippen LogP contribution in [0.4, 0.5) is 0 Å². The van der Waals surface area contributed by atoms with Gasteiger partial charge in [0.05, 0.1) is 55.5 Å². The van der Waals surface area contributed by atoms with E-state index in [9.17, 15) is 0 Å². The number of para-hydroxylation sites is 6. The van der Waals surface area contributed by atoms with E-state index in [1.807, 2.05) is 0 Å². The summed E-state index contributed by atoms with van der Waals surface area (Å²) in [6.07, 6.45) is 0. The first-order chi connectivity index (χ1) is 49.6. The Morgan fingerprint density at radius 1 is 0.170 bits per heavy atom. The van der Waals surface area contributed by atoms with Gasteiger partial charge in [-0.1, -0.05) is 237 Å². The zero-order valence-corrected chi connectivity index (χ0v) is 54.3. The molecule has 0 N–H and O–H groups in total. The molecular formula is C94H60N6. The van der Waals surface area contributed by atoms with Crippen molar-refractivity contribution < 1.29 is 0 Å². The Morgan fingerprint density at radius 2 is 0.460 bits per heavy atom. The van der Waals surface area contributed by atoms with E-state index >= 15 is 0 Å². The molecule has 6 heteroatoms. The van der Waals surface area contributed by atoms with Gasteiger partial charge < -0.3 is 18.3 Å². The van der Waals surface area contributed by atoms with Gasteiger partial charge in [0, 0.05) is 82.5 Å². The average molecular weight is 1270 g/mol. The van der Waals surface area contributed by atoms with Crippen molar-refractivity contribution in [2.24, 2.45) is 0 Å². The second-order valence-electron chi connectivity index (χ2n) is 26.0. The summed E-state index contributed by atoms with van der Waals surface area (Å²) in [5, 5.41) is 9.67. The van der Waals surface area contributed by atoms with Crippen LogP contribution in [-0.4, -0.2) is 28.2 Å². The van der Waals surface area contributed by atoms with Crippen molar-refractivity contribution in [1.82, 2.24) is 28.2 Å². The number of fused-ring (bicyclic) bond motifs is 12. The maximum absolute atomic E-state index is 5.73. The second-order valence-corrected chi connectivity index (χ2v) is 26.0. The smallest absolute Gasteiger partial charge is 0.160 e. The lowest BCUT2D eigenvalue weighted by molar-refractivity contribution is 1.15. The molecular weight excluding hydrogens is 1210 g/mol. The topological polar surface area (TPSA) is 45.5 Å². The molecule has 6 nitrogen and oxygen atoms in total. The van der Waals surface area contributed by atoms with Gasteiger partial charge in [-0.05, 0) is 172 Å². The van der Waals surface area contributed by atoms with Gasteiger partial charge in [-0.2, -0.15) is 0 Å². The SMILES string of the molecule is c1ccc(-c2cccc(-c3ccccc3)c2-c2cc(-c3cccc(-n4c5ccccc5c5cc(-c6ccc7c(c6)c6ccccc6n7-c6ccccc6)ccc54)c3)nc(-c3cccc(-n4c5ccccc5c5cc(-c6ccc7c(c6)c6ccccc6n7-c6ccccc6)ccc54)c3)n2)cc1. The van der Waals surface area contributed by atoms with Crippen LogP contribution in [-0.2, 0) is 0 Å². The van der Waals surface area contributed by atoms with E-state index in [2.05, 4.69) is 382 Å². The molecule has 100 heavy (non-hydrogen) atoms. The Kier molecular flexibility index (Phi) is 13.2. The van der Waals surface area contributed by atoms with E-state index in [0.29, 0.717) is 5.82 Å². The molecule has 0 aliphatic carbocycles. The normalized spacial score (nSPS) is 11.8. The van der Waals surface area contributed by atoms with Gasteiger partial charge >= 0.3 is 0 Å². The molecule has 0 saturated heterocycles. The fourth-order valence-electron chi connectivity index (χ4n) is 15.9. The molecule has 466 valence electrons. The molecule has 0 fully saturated rings. The van der Waals surface area contributed by atoms with Crippen LogP contribution in [0.2, 0.25) is 0 Å². The van der Waals surface area contributed by atoms with Crippen LogP contribution in [0.15, 0.2) is 364 Å². The van der Waals surface area contributed by atoms with Gasteiger partial charge in [-0.3, -0.25) is 0 Å². The van der Waals surface area contributed by atoms with Gasteiger partial charge in [0.2, 0.25) is 0 Å². The standard InChI is InChI=1S/C94H60N6/c1-5-24-61(25-6-1)73-40-23-41-74(62-26-7-2-8-27-62)93(73)84-60-83(67-28-21-34-71(54-67)99-87-44-19-15-38-77(87)81-58-65(48-52-91(81)99)63-46-50-89-79(56-63)75-36-13-17-42-85(75)97(89)69-30-9-3-10-31-69)95-94(96-84)68-29-22-35-72(55-68)100-88-45-20-16-39-78(88)82-59-66(49-53-92(82)100)64-47-51-90-80(57-64)76-37-14-18-43-86(76)98(90)70-32-11-4-12-33-70/h1-60H. The predicted molar refractivity (Wildman–Crippen MR) is 417 cm³/mol. The number of nitrogens with zero attached hydrogens (tertiary/aromatic N) is 6. The van der Waals surface area contributed by atoms with E-state index in [0.717, 1.165) is 101 Å². The van der Waals surface area contributed by atoms with Gasteiger partial charge in [0.25, 0.3) is 0 Å². The van der Waals surface area contributed by atoms with Crippen LogP contribution in [0.5, 0.6) is 0 Å². The van der Waals surface area contributed by atoms with Crippen LogP contribution in [0.25, 0.3) is 188 Å². The first kappa shape index (κ1) is 56.9. The van der Waals surface area contributed by atoms with E-state index in [1.54, 1.807) is 0 Å². The highest BCUT2D eigenvalue weighted by atomic mass is 15.0. The zero-order valence-electron chi connectivity index (χ0n) is 54.3. The van der Waals surface area contributed by atoms with Gasteiger partial charge in [-0.25, -0.2) is 9.97 Å². The summed E-state index contributed by atoms with van der Waals surface area (Å²) in [4.78, 5) is 11.4. The highest BCUT2D eigenvalue weighted by Gasteiger charge is 2.23. The lowest BCUT2D eigenvalue weighted by Gasteiger charge is -2.18. The molecule has 5 heterocycles. The summed E-state index contributed by atoms with van der Waals surface area (Å²) in [6.45, 7) is 0. The minimum Gasteiger partial charge on any atom is -0.309 e. The Labute approximate surface area is 577 Å². The predicted octanol–water partition coefficient (Wildman–Crippen LogP) is 24.5. The molecule has 0 amide bonds. The van der Waals surface area contributed by atoms with Crippen molar-refractivity contribution in [1.29, 1.82) is 0 Å². The number of aromatic nitrogens is 6. The molecule has 0 bridgehead atoms. The molecule has 0 saturated carbocycles. The van der Waals surface area contributed by atoms with Crippen molar-refractivity contribution in [3.63, 3.8) is 0 Å². The lowest BCUT2D eigenvalue weighted by atomic mass is 9.89. The average Bonchev–Trinajstić information content (AvgIpc) is 1.56. The van der Waals surface area contributed by atoms with Crippen LogP contribution in [0.3, 0.4) is 0 Å². The fraction of sp³-hybridized carbons (Fsp3) is 0. The number of rotatable bonds is 11. The zero-order chi connectivity index (χ0) is 65.8. The summed E-state index contributed by atoms with van der Waals surface area (Å²) in [7, 11) is 0. The molecule has 0 radical (unpaired) electrons. The molecule has 0 aliphatic rings. The highest BCUT2D eigenvalue weighted by Crippen LogP contribution is 2.45. The molecule has 0 unspecified atom stereocenters. The summed E-state index contributed by atoms with van der Waals surface area (Å²) in [5.41, 5.74) is 27.2. The first-order valence-corrected chi connectivity index (χ1v) is 34.2. The number of hydrogen-bond acceptors (Lipinski definition) is 2. The maximum Gasteiger partial charge on any atom is 0.160 e. The quantitative estimate of drug-likeness (QED) is 0.130. The van der Waals surface area contributed by atoms with Crippen molar-refractivity contribution in [2.75, 3.05) is 0 Å². The van der Waals surface area contributed by atoms with E-state index in [1.165, 1.54) is 81.8 Å². The third-order valence-corrected chi connectivity index (χ3v) is 20.4. The van der Waals surface area contributed by atoms with Crippen LogP contribution >= 0.6 is 0 Å². The Morgan fingerprint density at radius 3 is 0.860 bits per heavy atom. The third-order valence-electron chi connectivity index (χ3n) is 20.4. The first-order valence-electron chi connectivity index (χ1n) is 34.2. The number of benzene rings is 15. The summed E-state index contributed by atoms with van der Waals surface area (Å²) in [5.74, 6) is 0.626. The summed E-state index contributed by atoms with van der Waals surface area (Å²) in [6, 6.07) is 132. The Balaban J connectivity index is 0.731. The Hall–Kier alpha value is -13.4. The fourth-order valence-corrected chi connectivity index (χ4v) is 15.9. The Bertz CT molecular complexity index is 6240. The summed E-state index contributed by atoms with van der Waals surface area (Å²) < 4.78 is 9.57. The van der Waals surface area contributed by atoms with Gasteiger partial charge in [0.15, 0.2) is 5.82 Å². The summed E-state index contributed by atoms with van der Waals surface area (Å²) >= 11 is 0. The van der Waals surface area contributed by atoms with Crippen molar-refractivity contribution in [3.05, 3.63) is 364 Å². The molecule has 15 aromatic carbocycles. The minimum absolute atomic E-state index is 0.626. The van der Waals surface area contributed by atoms with E-state index < -0.39 is 0 Å². The van der Waals surface area contributed by atoms with Gasteiger partial charge in [0.1, 0.15) is 0 Å². The largest absolute Gasteiger partial charge is 0.309 e. The van der Waals surface area contributed by atoms with E-state index in [-0.39, 0.29) is 0 Å². The number of hydrogen-bond donors (Lipinski definition) is 0. The molecule has 0 aliphatic heterocycles. The monoisotopic (exact) mass is 1270 g/mol. The van der Waals surface area contributed by atoms with Crippen LogP contribution < -0.4 is 0 Å². The maximum atomic E-state index is 5.73. The van der Waals surface area contributed by atoms with Crippen molar-refractivity contribution >= 4 is 87.2 Å². The van der Waals surface area contributed by atoms with E-state index in [4.69, 9.17) is 9.97 Å². The molecule has 0 atom stereocenters. The molecule has 5 aromatic heterocycles. The van der Waals surface area contributed by atoms with Crippen molar-refractivity contribution in [2.45, 2.75) is 0 Å². The molecule has 0 spiro atoms. The molecule has 20 rings (SSSR count). The van der Waals surface area contributed by atoms with Crippen molar-refractivity contribution in [3.8, 4) is 101 Å².